The van der Waals surface area contributed by atoms with E-state index in [4.69, 9.17) is 4.74 Å². The lowest BCUT2D eigenvalue weighted by Gasteiger charge is -2.38. The number of likely N-dealkylation sites (tertiary alicyclic amines) is 1. The van der Waals surface area contributed by atoms with Gasteiger partial charge in [0, 0.05) is 26.0 Å². The predicted molar refractivity (Wildman–Crippen MR) is 80.4 cm³/mol. The van der Waals surface area contributed by atoms with Crippen LogP contribution in [0.4, 0.5) is 4.79 Å². The number of rotatable bonds is 3. The van der Waals surface area contributed by atoms with Crippen LogP contribution in [0, 0.1) is 0 Å². The number of amides is 2. The van der Waals surface area contributed by atoms with Gasteiger partial charge in [0.15, 0.2) is 5.16 Å². The molecule has 2 saturated heterocycles. The largest absolute Gasteiger partial charge is 0.439 e. The number of likely N-dealkylation sites (N-methyl/N-ethyl adjacent to an activating group) is 1. The minimum absolute atomic E-state index is 0.0298. The van der Waals surface area contributed by atoms with Crippen molar-refractivity contribution in [3.05, 3.63) is 18.5 Å². The van der Waals surface area contributed by atoms with Crippen LogP contribution in [0.1, 0.15) is 12.8 Å². The molecule has 1 aromatic rings. The lowest BCUT2D eigenvalue weighted by atomic mass is 9.93. The highest BCUT2D eigenvalue weighted by Gasteiger charge is 2.47. The van der Waals surface area contributed by atoms with Crippen LogP contribution in [0.25, 0.3) is 0 Å². The second kappa shape index (κ2) is 6.12. The lowest BCUT2D eigenvalue weighted by Crippen LogP contribution is -2.52. The van der Waals surface area contributed by atoms with Gasteiger partial charge in [-0.25, -0.2) is 14.8 Å². The third kappa shape index (κ3) is 3.16. The molecule has 0 radical (unpaired) electrons. The van der Waals surface area contributed by atoms with E-state index in [2.05, 4.69) is 9.97 Å². The molecule has 3 rings (SSSR count). The number of thioether (sulfide) groups is 1. The van der Waals surface area contributed by atoms with Gasteiger partial charge in [-0.2, -0.15) is 0 Å². The molecule has 2 amide bonds. The second-order valence-corrected chi connectivity index (χ2v) is 6.59. The number of aromatic nitrogens is 2. The van der Waals surface area contributed by atoms with Gasteiger partial charge in [-0.3, -0.25) is 4.79 Å². The fraction of sp³-hybridized carbons (Fsp3) is 0.571. The number of nitrogens with zero attached hydrogens (tertiary/aromatic N) is 4. The fourth-order valence-corrected chi connectivity index (χ4v) is 3.60. The summed E-state index contributed by atoms with van der Waals surface area (Å²) in [5.41, 5.74) is -0.534. The zero-order valence-electron chi connectivity index (χ0n) is 12.4. The first-order valence-electron chi connectivity index (χ1n) is 7.20. The molecule has 2 fully saturated rings. The standard InChI is InChI=1S/C14H18N4O3S/c1-17-9-14(21-13(17)20)4-2-7-18(10-14)11(19)8-22-12-15-5-3-6-16-12/h3,5-6H,2,4,7-10H2,1H3. The van der Waals surface area contributed by atoms with Crippen molar-refractivity contribution in [2.24, 2.45) is 0 Å². The molecular formula is C14H18N4O3S. The van der Waals surface area contributed by atoms with E-state index < -0.39 is 5.60 Å². The summed E-state index contributed by atoms with van der Waals surface area (Å²) in [5, 5.41) is 0.592. The molecule has 0 aromatic carbocycles. The van der Waals surface area contributed by atoms with Crippen LogP contribution in [0.2, 0.25) is 0 Å². The third-order valence-corrected chi connectivity index (χ3v) is 4.76. The van der Waals surface area contributed by atoms with Crippen molar-refractivity contribution in [2.75, 3.05) is 32.4 Å². The summed E-state index contributed by atoms with van der Waals surface area (Å²) in [7, 11) is 1.72. The molecular weight excluding hydrogens is 304 g/mol. The van der Waals surface area contributed by atoms with E-state index in [1.165, 1.54) is 11.8 Å². The van der Waals surface area contributed by atoms with Gasteiger partial charge in [-0.15, -0.1) is 0 Å². The fourth-order valence-electron chi connectivity index (χ4n) is 2.89. The molecule has 22 heavy (non-hydrogen) atoms. The number of hydrogen-bond acceptors (Lipinski definition) is 6. The van der Waals surface area contributed by atoms with Gasteiger partial charge in [0.1, 0.15) is 5.60 Å². The molecule has 1 spiro atoms. The molecule has 0 N–H and O–H groups in total. The van der Waals surface area contributed by atoms with E-state index in [-0.39, 0.29) is 12.0 Å². The molecule has 0 aliphatic carbocycles. The number of carbonyl (C=O) groups is 2. The van der Waals surface area contributed by atoms with Crippen molar-refractivity contribution in [1.29, 1.82) is 0 Å². The highest BCUT2D eigenvalue weighted by atomic mass is 32.2. The SMILES string of the molecule is CN1CC2(CCCN(C(=O)CSc3ncccn3)C2)OC1=O. The molecule has 118 valence electrons. The summed E-state index contributed by atoms with van der Waals surface area (Å²) < 4.78 is 5.51. The Balaban J connectivity index is 1.58. The van der Waals surface area contributed by atoms with Crippen LogP contribution in [0.3, 0.4) is 0 Å². The Morgan fingerprint density at radius 1 is 1.41 bits per heavy atom. The summed E-state index contributed by atoms with van der Waals surface area (Å²) in [6.07, 6.45) is 4.66. The van der Waals surface area contributed by atoms with E-state index in [0.29, 0.717) is 30.5 Å². The molecule has 1 unspecified atom stereocenters. The third-order valence-electron chi connectivity index (χ3n) is 3.90. The first-order chi connectivity index (χ1) is 10.6. The van der Waals surface area contributed by atoms with E-state index >= 15 is 0 Å². The molecule has 0 saturated carbocycles. The number of hydrogen-bond donors (Lipinski definition) is 0. The molecule has 2 aliphatic heterocycles. The Bertz CT molecular complexity index is 570. The van der Waals surface area contributed by atoms with Crippen molar-refractivity contribution in [3.8, 4) is 0 Å². The lowest BCUT2D eigenvalue weighted by molar-refractivity contribution is -0.133. The van der Waals surface area contributed by atoms with E-state index in [9.17, 15) is 9.59 Å². The first-order valence-corrected chi connectivity index (χ1v) is 8.18. The van der Waals surface area contributed by atoms with Gasteiger partial charge < -0.3 is 14.5 Å². The number of carbonyl (C=O) groups excluding carboxylic acids is 2. The van der Waals surface area contributed by atoms with Crippen molar-refractivity contribution < 1.29 is 14.3 Å². The summed E-state index contributed by atoms with van der Waals surface area (Å²) in [4.78, 5) is 35.5. The number of ether oxygens (including phenoxy) is 1. The van der Waals surface area contributed by atoms with Crippen molar-refractivity contribution in [3.63, 3.8) is 0 Å². The monoisotopic (exact) mass is 322 g/mol. The Morgan fingerprint density at radius 3 is 2.86 bits per heavy atom. The van der Waals surface area contributed by atoms with E-state index in [0.717, 1.165) is 12.8 Å². The van der Waals surface area contributed by atoms with Crippen molar-refractivity contribution >= 4 is 23.8 Å². The summed E-state index contributed by atoms with van der Waals surface area (Å²) in [5.74, 6) is 0.325. The van der Waals surface area contributed by atoms with Gasteiger partial charge in [-0.1, -0.05) is 11.8 Å². The topological polar surface area (TPSA) is 75.6 Å². The molecule has 8 heteroatoms. The zero-order chi connectivity index (χ0) is 15.6. The minimum atomic E-state index is -0.534. The van der Waals surface area contributed by atoms with Gasteiger partial charge in [-0.05, 0) is 18.9 Å². The number of piperidine rings is 1. The zero-order valence-corrected chi connectivity index (χ0v) is 13.2. The van der Waals surface area contributed by atoms with Crippen LogP contribution in [0.5, 0.6) is 0 Å². The van der Waals surface area contributed by atoms with E-state index in [1.807, 2.05) is 0 Å². The Hall–Kier alpha value is -1.83. The van der Waals surface area contributed by atoms with Gasteiger partial charge in [0.05, 0.1) is 18.8 Å². The van der Waals surface area contributed by atoms with Crippen molar-refractivity contribution in [1.82, 2.24) is 19.8 Å². The molecule has 3 heterocycles. The molecule has 1 atom stereocenters. The van der Waals surface area contributed by atoms with E-state index in [1.54, 1.807) is 35.3 Å². The Kier molecular flexibility index (Phi) is 4.19. The molecule has 1 aromatic heterocycles. The van der Waals surface area contributed by atoms with Crippen LogP contribution in [-0.2, 0) is 9.53 Å². The summed E-state index contributed by atoms with van der Waals surface area (Å²) in [6.45, 7) is 1.72. The minimum Gasteiger partial charge on any atom is -0.439 e. The molecule has 0 bridgehead atoms. The first kappa shape index (κ1) is 15.1. The average Bonchev–Trinajstić information content (AvgIpc) is 2.79. The smallest absolute Gasteiger partial charge is 0.410 e. The normalized spacial score (nSPS) is 24.7. The highest BCUT2D eigenvalue weighted by molar-refractivity contribution is 7.99. The van der Waals surface area contributed by atoms with Crippen LogP contribution in [0.15, 0.2) is 23.6 Å². The Labute approximate surface area is 133 Å². The summed E-state index contributed by atoms with van der Waals surface area (Å²) in [6, 6.07) is 1.74. The Morgan fingerprint density at radius 2 is 2.18 bits per heavy atom. The maximum atomic E-state index is 12.4. The quantitative estimate of drug-likeness (QED) is 0.611. The summed E-state index contributed by atoms with van der Waals surface area (Å²) >= 11 is 1.32. The average molecular weight is 322 g/mol. The maximum absolute atomic E-state index is 12.4. The maximum Gasteiger partial charge on any atom is 0.410 e. The highest BCUT2D eigenvalue weighted by Crippen LogP contribution is 2.31. The van der Waals surface area contributed by atoms with Crippen molar-refractivity contribution in [2.45, 2.75) is 23.6 Å². The van der Waals surface area contributed by atoms with Crippen LogP contribution in [-0.4, -0.2) is 69.8 Å². The van der Waals surface area contributed by atoms with Gasteiger partial charge >= 0.3 is 6.09 Å². The van der Waals surface area contributed by atoms with Gasteiger partial charge in [0.2, 0.25) is 5.91 Å². The van der Waals surface area contributed by atoms with Gasteiger partial charge in [0.25, 0.3) is 0 Å². The van der Waals surface area contributed by atoms with Crippen LogP contribution >= 0.6 is 11.8 Å². The predicted octanol–water partition coefficient (Wildman–Crippen LogP) is 1.01. The van der Waals surface area contributed by atoms with Crippen LogP contribution < -0.4 is 0 Å². The molecule has 7 nitrogen and oxygen atoms in total. The molecule has 2 aliphatic rings. The second-order valence-electron chi connectivity index (χ2n) is 5.65.